The third-order valence-electron chi connectivity index (χ3n) is 3.28. The van der Waals surface area contributed by atoms with Gasteiger partial charge < -0.3 is 5.32 Å². The highest BCUT2D eigenvalue weighted by Crippen LogP contribution is 2.15. The summed E-state index contributed by atoms with van der Waals surface area (Å²) in [6.07, 6.45) is 3.25. The number of unbranched alkanes of at least 4 members (excludes halogenated alkanes) is 1. The molecule has 20 heavy (non-hydrogen) atoms. The molecule has 1 rings (SSSR count). The van der Waals surface area contributed by atoms with Crippen LogP contribution in [0.15, 0.2) is 18.2 Å². The van der Waals surface area contributed by atoms with Gasteiger partial charge in [0.15, 0.2) is 0 Å². The van der Waals surface area contributed by atoms with Gasteiger partial charge in [-0.25, -0.2) is 0 Å². The van der Waals surface area contributed by atoms with Crippen molar-refractivity contribution in [3.63, 3.8) is 0 Å². The highest BCUT2D eigenvalue weighted by molar-refractivity contribution is 8.69. The second-order valence-electron chi connectivity index (χ2n) is 4.82. The second-order valence-corrected chi connectivity index (χ2v) is 8.29. The van der Waals surface area contributed by atoms with Crippen LogP contribution in [0.5, 0.6) is 0 Å². The number of benzene rings is 1. The highest BCUT2D eigenvalue weighted by atomic mass is 33.1. The molecule has 0 saturated heterocycles. The highest BCUT2D eigenvalue weighted by Gasteiger charge is 2.03. The quantitative estimate of drug-likeness (QED) is 0.416. The first kappa shape index (κ1) is 17.5. The summed E-state index contributed by atoms with van der Waals surface area (Å²) in [5.41, 5.74) is 4.12. The zero-order chi connectivity index (χ0) is 15.0. The van der Waals surface area contributed by atoms with Crippen molar-refractivity contribution in [1.82, 2.24) is 5.32 Å². The van der Waals surface area contributed by atoms with Crippen molar-refractivity contribution in [2.45, 2.75) is 33.1 Å². The summed E-state index contributed by atoms with van der Waals surface area (Å²) in [4.78, 5) is 0. The average Bonchev–Trinajstić information content (AvgIpc) is 2.36. The average molecular weight is 317 g/mol. The molecular weight excluding hydrogens is 294 g/mol. The molecule has 0 fully saturated rings. The van der Waals surface area contributed by atoms with Gasteiger partial charge in [0.1, 0.15) is 0 Å². The van der Waals surface area contributed by atoms with Crippen LogP contribution in [-0.4, -0.2) is 31.8 Å². The summed E-state index contributed by atoms with van der Waals surface area (Å²) in [6, 6.07) is 6.41. The Morgan fingerprint density at radius 1 is 1.20 bits per heavy atom. The van der Waals surface area contributed by atoms with Crippen molar-refractivity contribution in [2.24, 2.45) is 0 Å². The Balaban J connectivity index is 2.09. The van der Waals surface area contributed by atoms with Crippen molar-refractivity contribution < 1.29 is 13.0 Å². The normalized spacial score (nSPS) is 11.8. The van der Waals surface area contributed by atoms with E-state index in [1.165, 1.54) is 16.7 Å². The third kappa shape index (κ3) is 7.28. The molecule has 0 heterocycles. The van der Waals surface area contributed by atoms with E-state index in [0.29, 0.717) is 23.1 Å². The van der Waals surface area contributed by atoms with Crippen LogP contribution in [0.1, 0.15) is 29.5 Å². The zero-order valence-electron chi connectivity index (χ0n) is 12.1. The second kappa shape index (κ2) is 8.67. The molecule has 114 valence electrons. The Labute approximate surface area is 125 Å². The fraction of sp³-hybridized carbons (Fsp3) is 0.571. The van der Waals surface area contributed by atoms with E-state index in [-0.39, 0.29) is 0 Å². The maximum absolute atomic E-state index is 10.5. The first-order valence-corrected chi connectivity index (χ1v) is 9.72. The van der Waals surface area contributed by atoms with Crippen LogP contribution in [0.25, 0.3) is 0 Å². The van der Waals surface area contributed by atoms with Gasteiger partial charge in [0, 0.05) is 12.3 Å². The minimum atomic E-state index is -3.89. The summed E-state index contributed by atoms with van der Waals surface area (Å²) >= 11 is 0. The summed E-state index contributed by atoms with van der Waals surface area (Å²) in [7, 11) is -3.33. The van der Waals surface area contributed by atoms with Gasteiger partial charge in [0.05, 0.1) is 0 Å². The van der Waals surface area contributed by atoms with E-state index in [0.717, 1.165) is 25.8 Å². The minimum Gasteiger partial charge on any atom is -0.316 e. The van der Waals surface area contributed by atoms with Gasteiger partial charge in [-0.15, -0.1) is 0 Å². The van der Waals surface area contributed by atoms with Crippen LogP contribution < -0.4 is 5.32 Å². The fourth-order valence-corrected chi connectivity index (χ4v) is 3.31. The van der Waals surface area contributed by atoms with E-state index >= 15 is 0 Å². The lowest BCUT2D eigenvalue weighted by Gasteiger charge is -2.08. The van der Waals surface area contributed by atoms with Crippen molar-refractivity contribution in [2.75, 3.05) is 18.8 Å². The predicted molar refractivity (Wildman–Crippen MR) is 85.7 cm³/mol. The molecule has 0 spiro atoms. The van der Waals surface area contributed by atoms with Crippen LogP contribution >= 0.6 is 10.8 Å². The number of nitrogens with one attached hydrogen (secondary N) is 1. The maximum atomic E-state index is 10.5. The lowest BCUT2D eigenvalue weighted by atomic mass is 9.99. The van der Waals surface area contributed by atoms with Gasteiger partial charge in [0.2, 0.25) is 0 Å². The molecule has 6 heteroatoms. The molecular formula is C14H23NO3S2. The van der Waals surface area contributed by atoms with Crippen molar-refractivity contribution in [3.8, 4) is 0 Å². The topological polar surface area (TPSA) is 66.4 Å². The molecule has 0 bridgehead atoms. The van der Waals surface area contributed by atoms with Gasteiger partial charge in [-0.05, 0) is 67.1 Å². The Hall–Kier alpha value is -0.560. The Kier molecular flexibility index (Phi) is 7.58. The molecule has 1 aromatic rings. The molecule has 0 aromatic heterocycles. The van der Waals surface area contributed by atoms with Gasteiger partial charge in [-0.3, -0.25) is 4.55 Å². The van der Waals surface area contributed by atoms with Crippen molar-refractivity contribution >= 4 is 19.9 Å². The molecule has 0 unspecified atom stereocenters. The Bertz CT molecular complexity index is 515. The molecule has 0 radical (unpaired) electrons. The third-order valence-corrected chi connectivity index (χ3v) is 5.34. The summed E-state index contributed by atoms with van der Waals surface area (Å²) in [5, 5.41) is 3.17. The Morgan fingerprint density at radius 3 is 2.65 bits per heavy atom. The van der Waals surface area contributed by atoms with E-state index in [2.05, 4.69) is 37.4 Å². The Morgan fingerprint density at radius 2 is 1.95 bits per heavy atom. The largest absolute Gasteiger partial charge is 0.319 e. The van der Waals surface area contributed by atoms with Gasteiger partial charge in [0.25, 0.3) is 0 Å². The van der Waals surface area contributed by atoms with Gasteiger partial charge >= 0.3 is 9.15 Å². The van der Waals surface area contributed by atoms with Gasteiger partial charge in [-0.2, -0.15) is 8.42 Å². The number of aryl methyl sites for hydroxylation is 2. The summed E-state index contributed by atoms with van der Waals surface area (Å²) < 4.78 is 29.5. The van der Waals surface area contributed by atoms with Crippen molar-refractivity contribution in [3.05, 3.63) is 34.9 Å². The molecule has 0 atom stereocenters. The number of hydrogen-bond donors (Lipinski definition) is 2. The molecule has 1 aromatic carbocycles. The van der Waals surface area contributed by atoms with E-state index in [1.807, 2.05) is 0 Å². The van der Waals surface area contributed by atoms with Crippen LogP contribution in [0, 0.1) is 13.8 Å². The standard InChI is InChI=1S/C14H23NO3S2/c1-12-6-5-8-14(13(12)2)7-3-4-9-15-10-11-19-20(16,17)18/h5-6,8,15H,3-4,7,9-11H2,1-2H3,(H,16,17,18). The smallest absolute Gasteiger partial charge is 0.316 e. The van der Waals surface area contributed by atoms with Crippen LogP contribution in [0.3, 0.4) is 0 Å². The first-order valence-electron chi connectivity index (χ1n) is 6.78. The van der Waals surface area contributed by atoms with E-state index < -0.39 is 9.15 Å². The molecule has 0 aliphatic rings. The predicted octanol–water partition coefficient (Wildman–Crippen LogP) is 2.75. The fourth-order valence-electron chi connectivity index (χ4n) is 1.99. The SMILES string of the molecule is Cc1cccc(CCCCNCCSS(=O)(=O)O)c1C. The van der Waals surface area contributed by atoms with Crippen LogP contribution in [0.2, 0.25) is 0 Å². The van der Waals surface area contributed by atoms with Gasteiger partial charge in [-0.1, -0.05) is 18.2 Å². The molecule has 0 amide bonds. The zero-order valence-corrected chi connectivity index (χ0v) is 13.7. The van der Waals surface area contributed by atoms with Crippen molar-refractivity contribution in [1.29, 1.82) is 0 Å². The van der Waals surface area contributed by atoms with Crippen LogP contribution in [0.4, 0.5) is 0 Å². The molecule has 0 saturated carbocycles. The lowest BCUT2D eigenvalue weighted by Crippen LogP contribution is -2.19. The van der Waals surface area contributed by atoms with E-state index in [9.17, 15) is 8.42 Å². The number of rotatable bonds is 9. The summed E-state index contributed by atoms with van der Waals surface area (Å²) in [6.45, 7) is 5.76. The van der Waals surface area contributed by atoms with E-state index in [1.54, 1.807) is 0 Å². The van der Waals surface area contributed by atoms with E-state index in [4.69, 9.17) is 4.55 Å². The minimum absolute atomic E-state index is 0.371. The summed E-state index contributed by atoms with van der Waals surface area (Å²) in [5.74, 6) is 0.371. The molecule has 2 N–H and O–H groups in total. The number of hydrogen-bond acceptors (Lipinski definition) is 4. The maximum Gasteiger partial charge on any atom is 0.319 e. The molecule has 0 aliphatic carbocycles. The lowest BCUT2D eigenvalue weighted by molar-refractivity contribution is 0.503. The molecule has 4 nitrogen and oxygen atoms in total. The molecule has 0 aliphatic heterocycles. The first-order chi connectivity index (χ1) is 9.40. The van der Waals surface area contributed by atoms with Crippen LogP contribution in [-0.2, 0) is 15.6 Å². The monoisotopic (exact) mass is 317 g/mol.